The summed E-state index contributed by atoms with van der Waals surface area (Å²) in [7, 11) is 0. The molecule has 2 aromatic rings. The average molecular weight is 197 g/mol. The van der Waals surface area contributed by atoms with E-state index in [4.69, 9.17) is 5.26 Å². The smallest absolute Gasteiger partial charge is 0.213 e. The van der Waals surface area contributed by atoms with Crippen molar-refractivity contribution in [2.75, 3.05) is 0 Å². The zero-order chi connectivity index (χ0) is 10.7. The molecule has 0 N–H and O–H groups in total. The van der Waals surface area contributed by atoms with Crippen molar-refractivity contribution in [3.8, 4) is 6.07 Å². The normalized spacial score (nSPS) is 9.87. The standard InChI is InChI=1S/C12H11N3/c1-10-8-15(12(7-13)14-10)9-11-5-3-2-4-6-11/h2-6,8H,9H2,1H3. The highest BCUT2D eigenvalue weighted by Crippen LogP contribution is 2.06. The topological polar surface area (TPSA) is 41.6 Å². The molecule has 0 aliphatic carbocycles. The number of aryl methyl sites for hydroxylation is 1. The molecule has 0 aliphatic rings. The van der Waals surface area contributed by atoms with E-state index in [0.717, 1.165) is 5.69 Å². The highest BCUT2D eigenvalue weighted by molar-refractivity contribution is 5.20. The molecule has 0 atom stereocenters. The maximum Gasteiger partial charge on any atom is 0.213 e. The summed E-state index contributed by atoms with van der Waals surface area (Å²) in [6, 6.07) is 12.1. The lowest BCUT2D eigenvalue weighted by atomic mass is 10.2. The minimum Gasteiger partial charge on any atom is -0.318 e. The molecule has 2 rings (SSSR count). The summed E-state index contributed by atoms with van der Waals surface area (Å²) < 4.78 is 1.87. The largest absolute Gasteiger partial charge is 0.318 e. The van der Waals surface area contributed by atoms with E-state index in [1.807, 2.05) is 48.0 Å². The lowest BCUT2D eigenvalue weighted by Crippen LogP contribution is -2.00. The number of hydrogen-bond acceptors (Lipinski definition) is 2. The lowest BCUT2D eigenvalue weighted by Gasteiger charge is -2.02. The first-order valence-corrected chi connectivity index (χ1v) is 4.77. The van der Waals surface area contributed by atoms with Crippen LogP contribution in [0.5, 0.6) is 0 Å². The third-order valence-corrected chi connectivity index (χ3v) is 2.19. The Hall–Kier alpha value is -2.08. The summed E-state index contributed by atoms with van der Waals surface area (Å²) in [5.41, 5.74) is 2.05. The Labute approximate surface area is 88.6 Å². The lowest BCUT2D eigenvalue weighted by molar-refractivity contribution is 0.782. The maximum atomic E-state index is 8.88. The third-order valence-electron chi connectivity index (χ3n) is 2.19. The predicted octanol–water partition coefficient (Wildman–Crippen LogP) is 2.11. The van der Waals surface area contributed by atoms with Gasteiger partial charge in [0.25, 0.3) is 0 Å². The third kappa shape index (κ3) is 2.05. The van der Waals surface area contributed by atoms with Crippen molar-refractivity contribution in [1.82, 2.24) is 9.55 Å². The van der Waals surface area contributed by atoms with E-state index in [0.29, 0.717) is 12.4 Å². The molecule has 0 radical (unpaired) electrons. The van der Waals surface area contributed by atoms with Crippen LogP contribution in [0.4, 0.5) is 0 Å². The number of nitrogens with zero attached hydrogens (tertiary/aromatic N) is 3. The van der Waals surface area contributed by atoms with Gasteiger partial charge in [-0.3, -0.25) is 0 Å². The van der Waals surface area contributed by atoms with Gasteiger partial charge in [-0.25, -0.2) is 4.98 Å². The van der Waals surface area contributed by atoms with Crippen molar-refractivity contribution in [2.45, 2.75) is 13.5 Å². The van der Waals surface area contributed by atoms with Gasteiger partial charge in [-0.15, -0.1) is 0 Å². The average Bonchev–Trinajstić information content (AvgIpc) is 2.60. The van der Waals surface area contributed by atoms with Crippen LogP contribution in [0.1, 0.15) is 17.1 Å². The molecule has 74 valence electrons. The van der Waals surface area contributed by atoms with Crippen molar-refractivity contribution in [3.05, 3.63) is 53.6 Å². The van der Waals surface area contributed by atoms with Gasteiger partial charge in [-0.2, -0.15) is 5.26 Å². The van der Waals surface area contributed by atoms with Crippen LogP contribution in [0, 0.1) is 18.3 Å². The second-order valence-corrected chi connectivity index (χ2v) is 3.43. The molecule has 0 spiro atoms. The molecule has 1 heterocycles. The molecule has 0 unspecified atom stereocenters. The molecule has 0 bridgehead atoms. The number of benzene rings is 1. The second kappa shape index (κ2) is 3.97. The summed E-state index contributed by atoms with van der Waals surface area (Å²) in [5, 5.41) is 8.88. The van der Waals surface area contributed by atoms with E-state index in [1.54, 1.807) is 0 Å². The SMILES string of the molecule is Cc1cn(Cc2ccccc2)c(C#N)n1. The van der Waals surface area contributed by atoms with Crippen molar-refractivity contribution >= 4 is 0 Å². The Kier molecular flexibility index (Phi) is 2.51. The molecule has 15 heavy (non-hydrogen) atoms. The van der Waals surface area contributed by atoms with Crippen LogP contribution in [0.3, 0.4) is 0 Å². The van der Waals surface area contributed by atoms with Gasteiger partial charge in [0.15, 0.2) is 0 Å². The van der Waals surface area contributed by atoms with Crippen LogP contribution in [0.15, 0.2) is 36.5 Å². The van der Waals surface area contributed by atoms with Crippen LogP contribution in [0.2, 0.25) is 0 Å². The molecule has 0 fully saturated rings. The van der Waals surface area contributed by atoms with Crippen molar-refractivity contribution in [2.24, 2.45) is 0 Å². The van der Waals surface area contributed by atoms with Gasteiger partial charge in [0, 0.05) is 12.7 Å². The fraction of sp³-hybridized carbons (Fsp3) is 0.167. The maximum absolute atomic E-state index is 8.88. The van der Waals surface area contributed by atoms with Crippen molar-refractivity contribution < 1.29 is 0 Å². The van der Waals surface area contributed by atoms with Gasteiger partial charge in [0.2, 0.25) is 5.82 Å². The minimum absolute atomic E-state index is 0.469. The van der Waals surface area contributed by atoms with E-state index in [-0.39, 0.29) is 0 Å². The molecular formula is C12H11N3. The van der Waals surface area contributed by atoms with Crippen molar-refractivity contribution in [3.63, 3.8) is 0 Å². The monoisotopic (exact) mass is 197 g/mol. The number of nitriles is 1. The molecule has 0 amide bonds. The fourth-order valence-electron chi connectivity index (χ4n) is 1.54. The van der Waals surface area contributed by atoms with Gasteiger partial charge in [0.05, 0.1) is 5.69 Å². The van der Waals surface area contributed by atoms with E-state index >= 15 is 0 Å². The zero-order valence-corrected chi connectivity index (χ0v) is 8.51. The second-order valence-electron chi connectivity index (χ2n) is 3.43. The molecule has 1 aromatic heterocycles. The Balaban J connectivity index is 2.29. The fourth-order valence-corrected chi connectivity index (χ4v) is 1.54. The molecule has 0 saturated carbocycles. The first-order chi connectivity index (χ1) is 7.29. The molecule has 0 saturated heterocycles. The van der Waals surface area contributed by atoms with E-state index in [2.05, 4.69) is 11.1 Å². The zero-order valence-electron chi connectivity index (χ0n) is 8.51. The quantitative estimate of drug-likeness (QED) is 0.739. The summed E-state index contributed by atoms with van der Waals surface area (Å²) in [5.74, 6) is 0.469. The molecular weight excluding hydrogens is 186 g/mol. The van der Waals surface area contributed by atoms with Gasteiger partial charge < -0.3 is 4.57 Å². The van der Waals surface area contributed by atoms with Crippen LogP contribution < -0.4 is 0 Å². The van der Waals surface area contributed by atoms with E-state index < -0.39 is 0 Å². The molecule has 0 aliphatic heterocycles. The van der Waals surface area contributed by atoms with Gasteiger partial charge in [-0.05, 0) is 12.5 Å². The summed E-state index contributed by atoms with van der Waals surface area (Å²) >= 11 is 0. The highest BCUT2D eigenvalue weighted by atomic mass is 15.1. The van der Waals surface area contributed by atoms with Gasteiger partial charge >= 0.3 is 0 Å². The van der Waals surface area contributed by atoms with E-state index in [1.165, 1.54) is 5.56 Å². The van der Waals surface area contributed by atoms with Gasteiger partial charge in [-0.1, -0.05) is 30.3 Å². The van der Waals surface area contributed by atoms with Crippen molar-refractivity contribution in [1.29, 1.82) is 5.26 Å². The predicted molar refractivity (Wildman–Crippen MR) is 57.2 cm³/mol. The number of aromatic nitrogens is 2. The van der Waals surface area contributed by atoms with Crippen LogP contribution >= 0.6 is 0 Å². The Morgan fingerprint density at radius 2 is 2.07 bits per heavy atom. The Bertz CT molecular complexity index is 491. The summed E-state index contributed by atoms with van der Waals surface area (Å²) in [6.45, 7) is 2.59. The van der Waals surface area contributed by atoms with Crippen LogP contribution in [0.25, 0.3) is 0 Å². The first-order valence-electron chi connectivity index (χ1n) is 4.77. The molecule has 3 heteroatoms. The van der Waals surface area contributed by atoms with Gasteiger partial charge in [0.1, 0.15) is 6.07 Å². The first kappa shape index (κ1) is 9.47. The highest BCUT2D eigenvalue weighted by Gasteiger charge is 2.04. The van der Waals surface area contributed by atoms with Crippen LogP contribution in [-0.4, -0.2) is 9.55 Å². The summed E-state index contributed by atoms with van der Waals surface area (Å²) in [6.07, 6.45) is 1.89. The Morgan fingerprint density at radius 3 is 2.73 bits per heavy atom. The number of hydrogen-bond donors (Lipinski definition) is 0. The molecule has 3 nitrogen and oxygen atoms in total. The van der Waals surface area contributed by atoms with E-state index in [9.17, 15) is 0 Å². The number of rotatable bonds is 2. The van der Waals surface area contributed by atoms with Crippen LogP contribution in [-0.2, 0) is 6.54 Å². The number of imidazole rings is 1. The summed E-state index contributed by atoms with van der Waals surface area (Å²) in [4.78, 5) is 4.13. The minimum atomic E-state index is 0.469. The molecule has 1 aromatic carbocycles. The Morgan fingerprint density at radius 1 is 1.33 bits per heavy atom.